The summed E-state index contributed by atoms with van der Waals surface area (Å²) in [5.41, 5.74) is 4.26. The van der Waals surface area contributed by atoms with E-state index in [1.807, 2.05) is 36.5 Å². The average Bonchev–Trinajstić information content (AvgIpc) is 3.18. The van der Waals surface area contributed by atoms with E-state index >= 15 is 0 Å². The van der Waals surface area contributed by atoms with Gasteiger partial charge in [-0.2, -0.15) is 0 Å². The molecule has 0 saturated heterocycles. The summed E-state index contributed by atoms with van der Waals surface area (Å²) < 4.78 is 10.8. The molecule has 0 fully saturated rings. The second-order valence-corrected chi connectivity index (χ2v) is 5.11. The molecule has 0 bridgehead atoms. The summed E-state index contributed by atoms with van der Waals surface area (Å²) in [6.07, 6.45) is 1.96. The number of nitrogens with zero attached hydrogens (tertiary/aromatic N) is 3. The molecule has 2 aromatic carbocycles. The molecule has 1 atom stereocenters. The fourth-order valence-electron chi connectivity index (χ4n) is 3.18. The van der Waals surface area contributed by atoms with E-state index in [0.717, 1.165) is 33.6 Å². The summed E-state index contributed by atoms with van der Waals surface area (Å²) in [6, 6.07) is 11.9. The topological polar surface area (TPSA) is 60.5 Å². The lowest BCUT2D eigenvalue weighted by atomic mass is 9.77. The summed E-state index contributed by atoms with van der Waals surface area (Å²) in [6.45, 7) is 0.537. The van der Waals surface area contributed by atoms with E-state index in [1.54, 1.807) is 0 Å². The second-order valence-electron chi connectivity index (χ2n) is 5.11. The third-order valence-electron chi connectivity index (χ3n) is 4.10. The third-order valence-corrected chi connectivity index (χ3v) is 4.10. The van der Waals surface area contributed by atoms with Gasteiger partial charge < -0.3 is 4.74 Å². The molecule has 0 amide bonds. The highest BCUT2D eigenvalue weighted by Crippen LogP contribution is 2.50. The molecular formula is C15H9N3O2. The molecule has 0 aliphatic carbocycles. The Morgan fingerprint density at radius 3 is 3.00 bits per heavy atom. The minimum absolute atomic E-state index is 0.371. The maximum Gasteiger partial charge on any atom is 0.143 e. The molecule has 3 heterocycles. The van der Waals surface area contributed by atoms with Crippen LogP contribution < -0.4 is 4.74 Å². The van der Waals surface area contributed by atoms with Crippen LogP contribution in [0, 0.1) is 0 Å². The largest absolute Gasteiger partial charge is 0.491 e. The molecule has 2 aliphatic rings. The SMILES string of the molecule is C1=Nc2ccccc2C12COc1ccc3nonc3c12. The van der Waals surface area contributed by atoms with E-state index in [2.05, 4.69) is 21.4 Å². The number of fused-ring (bicyclic) bond motifs is 6. The molecule has 1 spiro atoms. The summed E-state index contributed by atoms with van der Waals surface area (Å²) >= 11 is 0. The van der Waals surface area contributed by atoms with Gasteiger partial charge in [-0.25, -0.2) is 4.63 Å². The van der Waals surface area contributed by atoms with Crippen LogP contribution in [0.1, 0.15) is 11.1 Å². The van der Waals surface area contributed by atoms with E-state index < -0.39 is 0 Å². The first-order chi connectivity index (χ1) is 9.88. The van der Waals surface area contributed by atoms with Crippen LogP contribution in [0.3, 0.4) is 0 Å². The summed E-state index contributed by atoms with van der Waals surface area (Å²) in [5, 5.41) is 7.97. The molecule has 96 valence electrons. The van der Waals surface area contributed by atoms with Crippen LogP contribution in [0.4, 0.5) is 5.69 Å². The first-order valence-electron chi connectivity index (χ1n) is 6.42. The molecule has 0 saturated carbocycles. The van der Waals surface area contributed by atoms with Gasteiger partial charge in [0.2, 0.25) is 0 Å². The van der Waals surface area contributed by atoms with Gasteiger partial charge in [-0.1, -0.05) is 18.2 Å². The van der Waals surface area contributed by atoms with Crippen molar-refractivity contribution in [1.82, 2.24) is 10.3 Å². The highest BCUT2D eigenvalue weighted by atomic mass is 16.6. The quantitative estimate of drug-likeness (QED) is 0.625. The molecule has 3 aromatic rings. The molecule has 5 heteroatoms. The van der Waals surface area contributed by atoms with Crippen molar-refractivity contribution < 1.29 is 9.37 Å². The Labute approximate surface area is 113 Å². The van der Waals surface area contributed by atoms with Crippen molar-refractivity contribution in [3.05, 3.63) is 47.5 Å². The van der Waals surface area contributed by atoms with E-state index in [-0.39, 0.29) is 5.41 Å². The lowest BCUT2D eigenvalue weighted by Gasteiger charge is -2.20. The van der Waals surface area contributed by atoms with Crippen LogP contribution in [-0.2, 0) is 5.41 Å². The van der Waals surface area contributed by atoms with Crippen molar-refractivity contribution in [2.24, 2.45) is 4.99 Å². The molecule has 5 nitrogen and oxygen atoms in total. The van der Waals surface area contributed by atoms with Gasteiger partial charge in [0.15, 0.2) is 0 Å². The highest BCUT2D eigenvalue weighted by Gasteiger charge is 2.47. The Morgan fingerprint density at radius 2 is 2.00 bits per heavy atom. The maximum absolute atomic E-state index is 5.87. The van der Waals surface area contributed by atoms with Crippen LogP contribution in [-0.4, -0.2) is 23.1 Å². The monoisotopic (exact) mass is 263 g/mol. The summed E-state index contributed by atoms with van der Waals surface area (Å²) in [4.78, 5) is 4.54. The van der Waals surface area contributed by atoms with Gasteiger partial charge >= 0.3 is 0 Å². The van der Waals surface area contributed by atoms with E-state index in [9.17, 15) is 0 Å². The standard InChI is InChI=1S/C15H9N3O2/c1-2-4-10-9(3-1)15(7-16-10)8-19-12-6-5-11-14(13(12)15)18-20-17-11/h1-7H,8H2. The average molecular weight is 263 g/mol. The number of aromatic nitrogens is 2. The lowest BCUT2D eigenvalue weighted by molar-refractivity contribution is 0.315. The van der Waals surface area contributed by atoms with Gasteiger partial charge in [0.1, 0.15) is 23.4 Å². The Hall–Kier alpha value is -2.69. The van der Waals surface area contributed by atoms with Gasteiger partial charge in [-0.3, -0.25) is 4.99 Å². The number of rotatable bonds is 0. The molecule has 5 rings (SSSR count). The zero-order valence-corrected chi connectivity index (χ0v) is 10.4. The van der Waals surface area contributed by atoms with Gasteiger partial charge in [-0.15, -0.1) is 0 Å². The van der Waals surface area contributed by atoms with Crippen LogP contribution in [0.25, 0.3) is 11.0 Å². The third kappa shape index (κ3) is 1.02. The molecule has 2 aliphatic heterocycles. The number of benzene rings is 2. The minimum atomic E-state index is -0.371. The van der Waals surface area contributed by atoms with Crippen LogP contribution >= 0.6 is 0 Å². The zero-order valence-electron chi connectivity index (χ0n) is 10.4. The number of ether oxygens (including phenoxy) is 1. The Bertz CT molecular complexity index is 884. The van der Waals surface area contributed by atoms with Crippen molar-refractivity contribution in [2.45, 2.75) is 5.41 Å². The zero-order chi connectivity index (χ0) is 13.2. The number of para-hydroxylation sites is 1. The minimum Gasteiger partial charge on any atom is -0.491 e. The Morgan fingerprint density at radius 1 is 1.05 bits per heavy atom. The predicted molar refractivity (Wildman–Crippen MR) is 72.7 cm³/mol. The molecule has 1 unspecified atom stereocenters. The van der Waals surface area contributed by atoms with Gasteiger partial charge in [0.25, 0.3) is 0 Å². The normalized spacial score (nSPS) is 22.2. The Balaban J connectivity index is 1.90. The van der Waals surface area contributed by atoms with Crippen molar-refractivity contribution in [2.75, 3.05) is 6.61 Å². The van der Waals surface area contributed by atoms with Crippen LogP contribution in [0.2, 0.25) is 0 Å². The molecule has 0 radical (unpaired) electrons. The molecular weight excluding hydrogens is 254 g/mol. The number of aliphatic imine (C=N–C) groups is 1. The second kappa shape index (κ2) is 3.25. The van der Waals surface area contributed by atoms with Crippen molar-refractivity contribution in [1.29, 1.82) is 0 Å². The van der Waals surface area contributed by atoms with Crippen LogP contribution in [0.15, 0.2) is 46.0 Å². The number of hydrogen-bond donors (Lipinski definition) is 0. The Kier molecular flexibility index (Phi) is 1.65. The highest BCUT2D eigenvalue weighted by molar-refractivity contribution is 5.97. The summed E-state index contributed by atoms with van der Waals surface area (Å²) in [5.74, 6) is 0.830. The van der Waals surface area contributed by atoms with E-state index in [4.69, 9.17) is 9.37 Å². The fraction of sp³-hybridized carbons (Fsp3) is 0.133. The summed E-state index contributed by atoms with van der Waals surface area (Å²) in [7, 11) is 0. The maximum atomic E-state index is 5.87. The van der Waals surface area contributed by atoms with Gasteiger partial charge in [0.05, 0.1) is 11.1 Å². The number of hydrogen-bond acceptors (Lipinski definition) is 5. The van der Waals surface area contributed by atoms with Crippen molar-refractivity contribution in [3.8, 4) is 5.75 Å². The predicted octanol–water partition coefficient (Wildman–Crippen LogP) is 2.62. The van der Waals surface area contributed by atoms with E-state index in [1.165, 1.54) is 0 Å². The van der Waals surface area contributed by atoms with Crippen molar-refractivity contribution in [3.63, 3.8) is 0 Å². The van der Waals surface area contributed by atoms with E-state index in [0.29, 0.717) is 6.61 Å². The first-order valence-corrected chi connectivity index (χ1v) is 6.42. The van der Waals surface area contributed by atoms with Crippen LogP contribution in [0.5, 0.6) is 5.75 Å². The smallest absolute Gasteiger partial charge is 0.143 e. The van der Waals surface area contributed by atoms with Gasteiger partial charge in [0, 0.05) is 11.8 Å². The van der Waals surface area contributed by atoms with Gasteiger partial charge in [-0.05, 0) is 34.1 Å². The molecule has 0 N–H and O–H groups in total. The first kappa shape index (κ1) is 10.1. The fourth-order valence-corrected chi connectivity index (χ4v) is 3.18. The molecule has 1 aromatic heterocycles. The van der Waals surface area contributed by atoms with Crippen molar-refractivity contribution >= 4 is 22.9 Å². The molecule has 20 heavy (non-hydrogen) atoms. The lowest BCUT2D eigenvalue weighted by Crippen LogP contribution is -2.29.